The number of piperazine rings is 1. The Bertz CT molecular complexity index is 1270. The van der Waals surface area contributed by atoms with E-state index in [1.807, 2.05) is 23.1 Å². The summed E-state index contributed by atoms with van der Waals surface area (Å²) >= 11 is 6.34. The number of carbonyl (C=O) groups is 1. The summed E-state index contributed by atoms with van der Waals surface area (Å²) in [6.07, 6.45) is -1.21. The number of carboxylic acid groups (broad SMARTS) is 1. The van der Waals surface area contributed by atoms with E-state index in [0.717, 1.165) is 59.7 Å². The molecular weight excluding hydrogens is 509 g/mol. The summed E-state index contributed by atoms with van der Waals surface area (Å²) in [6, 6.07) is 8.79. The molecule has 4 heterocycles. The molecule has 0 amide bonds. The lowest BCUT2D eigenvalue weighted by Crippen LogP contribution is -2.43. The topological polar surface area (TPSA) is 86.5 Å². The lowest BCUT2D eigenvalue weighted by atomic mass is 10.00. The number of hydrogen-bond acceptors (Lipinski definition) is 6. The van der Waals surface area contributed by atoms with Crippen LogP contribution in [0.1, 0.15) is 34.9 Å². The van der Waals surface area contributed by atoms with Gasteiger partial charge in [-0.3, -0.25) is 4.68 Å². The first-order valence-corrected chi connectivity index (χ1v) is 12.4. The first-order chi connectivity index (χ1) is 17.7. The van der Waals surface area contributed by atoms with Crippen LogP contribution in [0.3, 0.4) is 0 Å². The minimum Gasteiger partial charge on any atom is -0.478 e. The Kier molecular flexibility index (Phi) is 7.00. The molecule has 1 aromatic carbocycles. The summed E-state index contributed by atoms with van der Waals surface area (Å²) < 4.78 is 42.3. The lowest BCUT2D eigenvalue weighted by molar-refractivity contribution is -0.145. The van der Waals surface area contributed by atoms with E-state index in [0.29, 0.717) is 24.4 Å². The molecule has 1 atom stereocenters. The van der Waals surface area contributed by atoms with E-state index < -0.39 is 29.4 Å². The fourth-order valence-electron chi connectivity index (χ4n) is 5.09. The molecule has 2 aromatic heterocycles. The van der Waals surface area contributed by atoms with Crippen LogP contribution in [0, 0.1) is 0 Å². The van der Waals surface area contributed by atoms with Gasteiger partial charge in [-0.05, 0) is 37.1 Å². The number of benzene rings is 1. The highest BCUT2D eigenvalue weighted by Crippen LogP contribution is 2.39. The van der Waals surface area contributed by atoms with E-state index in [1.165, 1.54) is 0 Å². The lowest BCUT2D eigenvalue weighted by Gasteiger charge is -2.36. The largest absolute Gasteiger partial charge is 0.478 e. The van der Waals surface area contributed by atoms with E-state index in [9.17, 15) is 23.1 Å². The second kappa shape index (κ2) is 10.2. The number of nitrogens with one attached hydrogen (secondary N) is 1. The first kappa shape index (κ1) is 25.3. The van der Waals surface area contributed by atoms with Crippen molar-refractivity contribution in [2.24, 2.45) is 0 Å². The molecule has 0 saturated carbocycles. The average molecular weight is 535 g/mol. The van der Waals surface area contributed by atoms with Gasteiger partial charge in [0.05, 0.1) is 12.2 Å². The zero-order chi connectivity index (χ0) is 26.2. The van der Waals surface area contributed by atoms with Gasteiger partial charge in [0, 0.05) is 67.3 Å². The number of aromatic carboxylic acids is 1. The molecule has 0 spiro atoms. The van der Waals surface area contributed by atoms with Crippen LogP contribution in [0.5, 0.6) is 0 Å². The molecule has 0 bridgehead atoms. The Morgan fingerprint density at radius 1 is 1.08 bits per heavy atom. The van der Waals surface area contributed by atoms with Gasteiger partial charge in [-0.25, -0.2) is 9.78 Å². The van der Waals surface area contributed by atoms with Crippen LogP contribution in [0.25, 0.3) is 11.1 Å². The van der Waals surface area contributed by atoms with Gasteiger partial charge < -0.3 is 20.2 Å². The number of anilines is 2. The van der Waals surface area contributed by atoms with Crippen molar-refractivity contribution >= 4 is 29.1 Å². The van der Waals surface area contributed by atoms with Gasteiger partial charge >= 0.3 is 12.1 Å². The van der Waals surface area contributed by atoms with Gasteiger partial charge in [-0.1, -0.05) is 17.7 Å². The molecule has 5 rings (SSSR count). The van der Waals surface area contributed by atoms with E-state index >= 15 is 0 Å². The van der Waals surface area contributed by atoms with Crippen molar-refractivity contribution in [2.45, 2.75) is 25.1 Å². The van der Waals surface area contributed by atoms with Gasteiger partial charge in [-0.2, -0.15) is 18.3 Å². The summed E-state index contributed by atoms with van der Waals surface area (Å²) in [5.41, 5.74) is 0.450. The Labute approximate surface area is 216 Å². The Morgan fingerprint density at radius 2 is 1.86 bits per heavy atom. The number of nitrogens with zero attached hydrogens (tertiary/aromatic N) is 5. The summed E-state index contributed by atoms with van der Waals surface area (Å²) in [5, 5.41) is 17.0. The third-order valence-corrected chi connectivity index (χ3v) is 7.07. The maximum Gasteiger partial charge on any atom is 0.433 e. The van der Waals surface area contributed by atoms with Crippen LogP contribution >= 0.6 is 11.6 Å². The number of piperidine rings is 1. The number of rotatable bonds is 5. The van der Waals surface area contributed by atoms with Crippen LogP contribution in [0.2, 0.25) is 5.02 Å². The molecule has 2 aliphatic heterocycles. The highest BCUT2D eigenvalue weighted by Gasteiger charge is 2.42. The van der Waals surface area contributed by atoms with Crippen molar-refractivity contribution in [3.8, 4) is 11.1 Å². The SMILES string of the molecule is O=C(O)c1cnn(C2CCCN(c3cc(Cl)ccc3-c3ccc(N4CCNCC4)nc3)C2)c1C(F)(F)F. The predicted molar refractivity (Wildman–Crippen MR) is 134 cm³/mol. The summed E-state index contributed by atoms with van der Waals surface area (Å²) in [6.45, 7) is 4.41. The second-order valence-corrected chi connectivity index (χ2v) is 9.64. The Morgan fingerprint density at radius 3 is 2.54 bits per heavy atom. The van der Waals surface area contributed by atoms with Crippen molar-refractivity contribution < 1.29 is 23.1 Å². The molecule has 3 aromatic rings. The molecule has 2 saturated heterocycles. The van der Waals surface area contributed by atoms with E-state index in [2.05, 4.69) is 20.3 Å². The van der Waals surface area contributed by atoms with Crippen LogP contribution in [0.15, 0.2) is 42.7 Å². The Balaban J connectivity index is 1.45. The average Bonchev–Trinajstić information content (AvgIpc) is 3.36. The zero-order valence-corrected chi connectivity index (χ0v) is 20.6. The second-order valence-electron chi connectivity index (χ2n) is 9.20. The zero-order valence-electron chi connectivity index (χ0n) is 19.9. The molecule has 2 aliphatic rings. The molecule has 196 valence electrons. The van der Waals surface area contributed by atoms with Crippen molar-refractivity contribution in [3.63, 3.8) is 0 Å². The van der Waals surface area contributed by atoms with Crippen LogP contribution in [-0.4, -0.2) is 65.1 Å². The normalized spacial score (nSPS) is 18.8. The fourth-order valence-corrected chi connectivity index (χ4v) is 5.25. The number of pyridine rings is 1. The molecular formula is C25H26ClF3N6O2. The molecule has 2 fully saturated rings. The highest BCUT2D eigenvalue weighted by atomic mass is 35.5. The minimum atomic E-state index is -4.84. The third kappa shape index (κ3) is 5.24. The third-order valence-electron chi connectivity index (χ3n) is 6.84. The Hall–Kier alpha value is -3.31. The summed E-state index contributed by atoms with van der Waals surface area (Å²) in [7, 11) is 0. The number of alkyl halides is 3. The van der Waals surface area contributed by atoms with Crippen LogP contribution in [0.4, 0.5) is 24.7 Å². The minimum absolute atomic E-state index is 0.226. The molecule has 0 radical (unpaired) electrons. The number of halogens is 4. The maximum absolute atomic E-state index is 13.8. The number of hydrogen-bond donors (Lipinski definition) is 2. The van der Waals surface area contributed by atoms with Crippen molar-refractivity contribution in [1.82, 2.24) is 20.1 Å². The molecule has 2 N–H and O–H groups in total. The van der Waals surface area contributed by atoms with Gasteiger partial charge in [0.2, 0.25) is 0 Å². The maximum atomic E-state index is 13.8. The standard InChI is InChI=1S/C25H26ClF3N6O2/c26-17-4-5-19(16-3-6-22(31-13-16)33-10-7-30-8-11-33)21(12-17)34-9-1-2-18(15-34)35-23(25(27,28)29)20(14-32-35)24(36)37/h3-6,12-14,18,30H,1-2,7-11,15H2,(H,36,37). The molecule has 12 heteroatoms. The number of carboxylic acids is 1. The summed E-state index contributed by atoms with van der Waals surface area (Å²) in [5.74, 6) is -0.758. The van der Waals surface area contributed by atoms with Crippen molar-refractivity contribution in [1.29, 1.82) is 0 Å². The quantitative estimate of drug-likeness (QED) is 0.496. The molecule has 8 nitrogen and oxygen atoms in total. The summed E-state index contributed by atoms with van der Waals surface area (Å²) in [4.78, 5) is 20.3. The van der Waals surface area contributed by atoms with Gasteiger partial charge in [0.1, 0.15) is 11.4 Å². The highest BCUT2D eigenvalue weighted by molar-refractivity contribution is 6.31. The smallest absolute Gasteiger partial charge is 0.433 e. The van der Waals surface area contributed by atoms with Crippen molar-refractivity contribution in [3.05, 3.63) is 59.0 Å². The van der Waals surface area contributed by atoms with Gasteiger partial charge in [-0.15, -0.1) is 0 Å². The first-order valence-electron chi connectivity index (χ1n) is 12.1. The van der Waals surface area contributed by atoms with E-state index in [1.54, 1.807) is 18.3 Å². The molecule has 1 unspecified atom stereocenters. The monoisotopic (exact) mass is 534 g/mol. The van der Waals surface area contributed by atoms with Crippen LogP contribution < -0.4 is 15.1 Å². The number of aromatic nitrogens is 3. The molecule has 37 heavy (non-hydrogen) atoms. The fraction of sp³-hybridized carbons (Fsp3) is 0.400. The predicted octanol–water partition coefficient (Wildman–Crippen LogP) is 4.57. The van der Waals surface area contributed by atoms with Crippen LogP contribution in [-0.2, 0) is 6.18 Å². The molecule has 0 aliphatic carbocycles. The van der Waals surface area contributed by atoms with Gasteiger partial charge in [0.15, 0.2) is 5.69 Å². The van der Waals surface area contributed by atoms with E-state index in [-0.39, 0.29) is 6.54 Å². The van der Waals surface area contributed by atoms with Gasteiger partial charge in [0.25, 0.3) is 0 Å². The van der Waals surface area contributed by atoms with E-state index in [4.69, 9.17) is 11.6 Å². The van der Waals surface area contributed by atoms with Crippen molar-refractivity contribution in [2.75, 3.05) is 49.1 Å².